The molecule has 2 aromatic rings. The molecule has 0 radical (unpaired) electrons. The molecule has 19 heavy (non-hydrogen) atoms. The largest absolute Gasteiger partial charge is 0.437 e. The highest BCUT2D eigenvalue weighted by Gasteiger charge is 2.09. The summed E-state index contributed by atoms with van der Waals surface area (Å²) in [6.45, 7) is 0.659. The minimum absolute atomic E-state index is 0.382. The highest BCUT2D eigenvalue weighted by Crippen LogP contribution is 2.35. The average molecular weight is 318 g/mol. The maximum absolute atomic E-state index is 6.04. The molecule has 0 amide bonds. The summed E-state index contributed by atoms with van der Waals surface area (Å²) in [5.41, 5.74) is 0.871. The van der Waals surface area contributed by atoms with Gasteiger partial charge in [0.15, 0.2) is 0 Å². The number of nitrogens with zero attached hydrogens (tertiary/aromatic N) is 1. The Labute approximate surface area is 126 Å². The molecule has 0 aliphatic carbocycles. The maximum atomic E-state index is 6.04. The van der Waals surface area contributed by atoms with Crippen LogP contribution in [-0.4, -0.2) is 12.0 Å². The lowest BCUT2D eigenvalue weighted by Crippen LogP contribution is -2.06. The van der Waals surface area contributed by atoms with E-state index >= 15 is 0 Å². The second kappa shape index (κ2) is 6.44. The summed E-state index contributed by atoms with van der Waals surface area (Å²) in [6, 6.07) is 8.62. The highest BCUT2D eigenvalue weighted by atomic mass is 35.5. The molecule has 1 N–H and O–H groups in total. The molecule has 0 bridgehead atoms. The van der Waals surface area contributed by atoms with Gasteiger partial charge in [-0.3, -0.25) is 0 Å². The van der Waals surface area contributed by atoms with Crippen LogP contribution in [0.2, 0.25) is 15.1 Å². The van der Waals surface area contributed by atoms with Crippen molar-refractivity contribution in [1.29, 1.82) is 0 Å². The Balaban J connectivity index is 2.25. The van der Waals surface area contributed by atoms with Crippen molar-refractivity contribution < 1.29 is 4.74 Å². The summed E-state index contributed by atoms with van der Waals surface area (Å²) >= 11 is 17.8. The molecule has 0 aliphatic rings. The van der Waals surface area contributed by atoms with Crippen LogP contribution in [0.1, 0.15) is 5.69 Å². The number of halogens is 3. The van der Waals surface area contributed by atoms with Gasteiger partial charge < -0.3 is 10.1 Å². The lowest BCUT2D eigenvalue weighted by molar-refractivity contribution is 0.460. The van der Waals surface area contributed by atoms with Crippen LogP contribution in [0, 0.1) is 0 Å². The van der Waals surface area contributed by atoms with Crippen LogP contribution >= 0.6 is 34.8 Å². The predicted molar refractivity (Wildman–Crippen MR) is 78.5 cm³/mol. The maximum Gasteiger partial charge on any atom is 0.219 e. The molecule has 100 valence electrons. The average Bonchev–Trinajstić information content (AvgIpc) is 2.37. The lowest BCUT2D eigenvalue weighted by Gasteiger charge is -2.09. The van der Waals surface area contributed by atoms with Gasteiger partial charge in [-0.2, -0.15) is 0 Å². The Morgan fingerprint density at radius 3 is 2.58 bits per heavy atom. The quantitative estimate of drug-likeness (QED) is 0.840. The van der Waals surface area contributed by atoms with Crippen LogP contribution in [0.15, 0.2) is 30.3 Å². The topological polar surface area (TPSA) is 34.1 Å². The van der Waals surface area contributed by atoms with Gasteiger partial charge in [0.1, 0.15) is 5.75 Å². The first-order valence-electron chi connectivity index (χ1n) is 5.53. The first-order chi connectivity index (χ1) is 9.10. The van der Waals surface area contributed by atoms with Crippen LogP contribution in [0.25, 0.3) is 0 Å². The van der Waals surface area contributed by atoms with Crippen molar-refractivity contribution in [3.63, 3.8) is 0 Å². The van der Waals surface area contributed by atoms with E-state index in [0.29, 0.717) is 33.2 Å². The Kier molecular flexibility index (Phi) is 4.88. The van der Waals surface area contributed by atoms with Gasteiger partial charge >= 0.3 is 0 Å². The number of ether oxygens (including phenoxy) is 1. The van der Waals surface area contributed by atoms with E-state index < -0.39 is 0 Å². The van der Waals surface area contributed by atoms with Gasteiger partial charge in [-0.15, -0.1) is 0 Å². The number of nitrogens with one attached hydrogen (secondary N) is 1. The molecule has 0 saturated carbocycles. The second-order valence-corrected chi connectivity index (χ2v) is 5.02. The number of benzene rings is 1. The molecule has 0 unspecified atom stereocenters. The molecule has 0 spiro atoms. The number of rotatable bonds is 4. The van der Waals surface area contributed by atoms with Gasteiger partial charge in [0, 0.05) is 18.7 Å². The molecule has 0 fully saturated rings. The van der Waals surface area contributed by atoms with E-state index in [1.807, 2.05) is 19.2 Å². The van der Waals surface area contributed by atoms with E-state index in [2.05, 4.69) is 10.3 Å². The summed E-state index contributed by atoms with van der Waals surface area (Å²) in [7, 11) is 1.85. The van der Waals surface area contributed by atoms with Crippen LogP contribution in [-0.2, 0) is 6.54 Å². The molecular weight excluding hydrogens is 307 g/mol. The predicted octanol–water partition coefficient (Wildman–Crippen LogP) is 4.55. The van der Waals surface area contributed by atoms with E-state index in [9.17, 15) is 0 Å². The van der Waals surface area contributed by atoms with Gasteiger partial charge in [-0.25, -0.2) is 4.98 Å². The molecule has 1 heterocycles. The number of aromatic nitrogens is 1. The SMILES string of the molecule is CNCc1cccc(Oc2cc(Cl)c(Cl)cc2Cl)n1. The zero-order chi connectivity index (χ0) is 13.8. The fraction of sp³-hybridized carbons (Fsp3) is 0.154. The Morgan fingerprint density at radius 1 is 1.11 bits per heavy atom. The fourth-order valence-electron chi connectivity index (χ4n) is 1.49. The second-order valence-electron chi connectivity index (χ2n) is 3.80. The Morgan fingerprint density at radius 2 is 1.84 bits per heavy atom. The number of pyridine rings is 1. The van der Waals surface area contributed by atoms with Gasteiger partial charge in [0.2, 0.25) is 5.88 Å². The third-order valence-corrected chi connectivity index (χ3v) is 3.35. The number of hydrogen-bond donors (Lipinski definition) is 1. The van der Waals surface area contributed by atoms with Crippen molar-refractivity contribution in [1.82, 2.24) is 10.3 Å². The molecule has 2 rings (SSSR count). The van der Waals surface area contributed by atoms with E-state index in [1.54, 1.807) is 12.1 Å². The molecule has 1 aromatic carbocycles. The Bertz CT molecular complexity index is 590. The monoisotopic (exact) mass is 316 g/mol. The van der Waals surface area contributed by atoms with Crippen LogP contribution < -0.4 is 10.1 Å². The first-order valence-corrected chi connectivity index (χ1v) is 6.66. The third kappa shape index (κ3) is 3.74. The van der Waals surface area contributed by atoms with Crippen molar-refractivity contribution in [2.45, 2.75) is 6.54 Å². The van der Waals surface area contributed by atoms with E-state index in [-0.39, 0.29) is 0 Å². The first kappa shape index (κ1) is 14.4. The van der Waals surface area contributed by atoms with Crippen molar-refractivity contribution in [2.24, 2.45) is 0 Å². The summed E-state index contributed by atoms with van der Waals surface area (Å²) in [4.78, 5) is 4.33. The zero-order valence-electron chi connectivity index (χ0n) is 10.1. The molecule has 0 saturated heterocycles. The molecule has 1 aromatic heterocycles. The van der Waals surface area contributed by atoms with E-state index in [0.717, 1.165) is 5.69 Å². The van der Waals surface area contributed by atoms with Crippen molar-refractivity contribution in [3.05, 3.63) is 51.1 Å². The van der Waals surface area contributed by atoms with Crippen LogP contribution in [0.5, 0.6) is 11.6 Å². The standard InChI is InChI=1S/C13H11Cl3N2O/c1-17-7-8-3-2-4-13(18-8)19-12-6-10(15)9(14)5-11(12)16/h2-6,17H,7H2,1H3. The molecule has 3 nitrogen and oxygen atoms in total. The lowest BCUT2D eigenvalue weighted by atomic mass is 10.3. The van der Waals surface area contributed by atoms with Crippen molar-refractivity contribution in [3.8, 4) is 11.6 Å². The molecule has 6 heteroatoms. The normalized spacial score (nSPS) is 10.5. The van der Waals surface area contributed by atoms with Gasteiger partial charge in [0.05, 0.1) is 20.8 Å². The van der Waals surface area contributed by atoms with Gasteiger partial charge in [-0.05, 0) is 19.2 Å². The molecule has 0 aliphatic heterocycles. The smallest absolute Gasteiger partial charge is 0.219 e. The fourth-order valence-corrected chi connectivity index (χ4v) is 2.06. The van der Waals surface area contributed by atoms with Crippen molar-refractivity contribution >= 4 is 34.8 Å². The molecule has 0 atom stereocenters. The van der Waals surface area contributed by atoms with Crippen LogP contribution in [0.3, 0.4) is 0 Å². The summed E-state index contributed by atoms with van der Waals surface area (Å²) in [5, 5.41) is 4.17. The Hall–Kier alpha value is -1.000. The third-order valence-electron chi connectivity index (χ3n) is 2.33. The van der Waals surface area contributed by atoms with Crippen LogP contribution in [0.4, 0.5) is 0 Å². The van der Waals surface area contributed by atoms with Gasteiger partial charge in [0.25, 0.3) is 0 Å². The van der Waals surface area contributed by atoms with Gasteiger partial charge in [-0.1, -0.05) is 40.9 Å². The molecular formula is C13H11Cl3N2O. The number of hydrogen-bond acceptors (Lipinski definition) is 3. The summed E-state index contributed by atoms with van der Waals surface area (Å²) < 4.78 is 5.62. The van der Waals surface area contributed by atoms with E-state index in [4.69, 9.17) is 39.5 Å². The minimum Gasteiger partial charge on any atom is -0.437 e. The summed E-state index contributed by atoms with van der Waals surface area (Å²) in [6.07, 6.45) is 0. The zero-order valence-corrected chi connectivity index (χ0v) is 12.4. The minimum atomic E-state index is 0.382. The highest BCUT2D eigenvalue weighted by molar-refractivity contribution is 6.43. The van der Waals surface area contributed by atoms with E-state index in [1.165, 1.54) is 6.07 Å². The summed E-state index contributed by atoms with van der Waals surface area (Å²) in [5.74, 6) is 0.873. The van der Waals surface area contributed by atoms with Crippen molar-refractivity contribution in [2.75, 3.05) is 7.05 Å².